The van der Waals surface area contributed by atoms with Gasteiger partial charge in [-0.05, 0) is 32.2 Å². The highest BCUT2D eigenvalue weighted by Crippen LogP contribution is 2.40. The van der Waals surface area contributed by atoms with Crippen molar-refractivity contribution >= 4 is 22.4 Å². The highest BCUT2D eigenvalue weighted by atomic mass is 32.1. The normalized spacial score (nSPS) is 21.3. The number of likely N-dealkylation sites (tertiary alicyclic amines) is 1. The molecule has 2 fully saturated rings. The maximum Gasteiger partial charge on any atom is 0.229 e. The largest absolute Gasteiger partial charge is 0.339 e. The molecule has 1 aliphatic carbocycles. The summed E-state index contributed by atoms with van der Waals surface area (Å²) >= 11 is 1.50. The Labute approximate surface area is 144 Å². The Morgan fingerprint density at radius 3 is 3.00 bits per heavy atom. The Kier molecular flexibility index (Phi) is 4.09. The van der Waals surface area contributed by atoms with Gasteiger partial charge in [-0.15, -0.1) is 11.3 Å². The van der Waals surface area contributed by atoms with E-state index in [-0.39, 0.29) is 11.9 Å². The summed E-state index contributed by atoms with van der Waals surface area (Å²) in [4.78, 5) is 24.6. The van der Waals surface area contributed by atoms with Gasteiger partial charge in [0, 0.05) is 31.8 Å². The number of hydrogen-bond donors (Lipinski definition) is 0. The third-order valence-corrected chi connectivity index (χ3v) is 5.68. The number of amides is 1. The molecule has 0 spiro atoms. The van der Waals surface area contributed by atoms with Crippen LogP contribution in [0, 0.1) is 0 Å². The molecule has 8 heteroatoms. The van der Waals surface area contributed by atoms with Crippen molar-refractivity contribution in [2.45, 2.75) is 51.1 Å². The number of thiazole rings is 1. The SMILES string of the molecule is CC(=O)N(C)c1nc(CN2CCC[C@H]2c2noc(C3CC3)n2)cs1. The number of carbonyl (C=O) groups excluding carboxylic acids is 1. The van der Waals surface area contributed by atoms with Gasteiger partial charge in [-0.2, -0.15) is 4.98 Å². The fourth-order valence-corrected chi connectivity index (χ4v) is 3.88. The summed E-state index contributed by atoms with van der Waals surface area (Å²) < 4.78 is 5.42. The zero-order valence-electron chi connectivity index (χ0n) is 13.9. The fourth-order valence-electron chi connectivity index (χ4n) is 3.05. The smallest absolute Gasteiger partial charge is 0.229 e. The van der Waals surface area contributed by atoms with Gasteiger partial charge >= 0.3 is 0 Å². The topological polar surface area (TPSA) is 75.4 Å². The lowest BCUT2D eigenvalue weighted by molar-refractivity contribution is -0.116. The van der Waals surface area contributed by atoms with E-state index >= 15 is 0 Å². The predicted molar refractivity (Wildman–Crippen MR) is 89.9 cm³/mol. The van der Waals surface area contributed by atoms with E-state index in [0.29, 0.717) is 5.92 Å². The maximum atomic E-state index is 11.5. The first-order chi connectivity index (χ1) is 11.6. The molecule has 0 aromatic carbocycles. The Balaban J connectivity index is 1.45. The second kappa shape index (κ2) is 6.25. The van der Waals surface area contributed by atoms with Crippen molar-refractivity contribution in [3.63, 3.8) is 0 Å². The molecule has 0 unspecified atom stereocenters. The lowest BCUT2D eigenvalue weighted by Crippen LogP contribution is -2.24. The molecule has 1 aliphatic heterocycles. The first-order valence-corrected chi connectivity index (χ1v) is 9.26. The van der Waals surface area contributed by atoms with Crippen molar-refractivity contribution in [1.82, 2.24) is 20.0 Å². The minimum absolute atomic E-state index is 0.00523. The van der Waals surface area contributed by atoms with Crippen LogP contribution in [-0.2, 0) is 11.3 Å². The molecule has 2 aromatic heterocycles. The Hall–Kier alpha value is -1.80. The molecular formula is C16H21N5O2S. The van der Waals surface area contributed by atoms with Crippen LogP contribution in [0.25, 0.3) is 0 Å². The van der Waals surface area contributed by atoms with E-state index in [9.17, 15) is 4.79 Å². The van der Waals surface area contributed by atoms with Gasteiger partial charge < -0.3 is 4.52 Å². The van der Waals surface area contributed by atoms with Crippen LogP contribution in [0.1, 0.15) is 62.0 Å². The summed E-state index contributed by atoms with van der Waals surface area (Å²) in [5.74, 6) is 2.10. The van der Waals surface area contributed by atoms with Crippen LogP contribution in [-0.4, -0.2) is 39.5 Å². The number of carbonyl (C=O) groups is 1. The van der Waals surface area contributed by atoms with Crippen LogP contribution in [0.4, 0.5) is 5.13 Å². The van der Waals surface area contributed by atoms with Gasteiger partial charge in [0.25, 0.3) is 0 Å². The van der Waals surface area contributed by atoms with Crippen molar-refractivity contribution in [3.05, 3.63) is 22.8 Å². The molecular weight excluding hydrogens is 326 g/mol. The van der Waals surface area contributed by atoms with E-state index in [0.717, 1.165) is 48.5 Å². The zero-order valence-corrected chi connectivity index (χ0v) is 14.8. The third kappa shape index (κ3) is 3.08. The second-order valence-corrected chi connectivity index (χ2v) is 7.43. The summed E-state index contributed by atoms with van der Waals surface area (Å²) in [7, 11) is 1.75. The molecule has 1 saturated heterocycles. The highest BCUT2D eigenvalue weighted by molar-refractivity contribution is 7.14. The molecule has 0 radical (unpaired) electrons. The molecule has 128 valence electrons. The standard InChI is InChI=1S/C16H21N5O2S/c1-10(22)20(2)16-17-12(9-24-16)8-21-7-3-4-13(21)14-18-15(23-19-14)11-5-6-11/h9,11,13H,3-8H2,1-2H3/t13-/m0/s1. The molecule has 2 aliphatic rings. The molecule has 1 saturated carbocycles. The first-order valence-electron chi connectivity index (χ1n) is 8.38. The number of anilines is 1. The van der Waals surface area contributed by atoms with Crippen LogP contribution >= 0.6 is 11.3 Å². The molecule has 0 bridgehead atoms. The Morgan fingerprint density at radius 1 is 1.42 bits per heavy atom. The summed E-state index contributed by atoms with van der Waals surface area (Å²) in [6, 6.07) is 0.205. The maximum absolute atomic E-state index is 11.5. The number of rotatable bonds is 5. The van der Waals surface area contributed by atoms with Crippen molar-refractivity contribution in [2.24, 2.45) is 0 Å². The van der Waals surface area contributed by atoms with Crippen LogP contribution in [0.15, 0.2) is 9.90 Å². The Morgan fingerprint density at radius 2 is 2.25 bits per heavy atom. The van der Waals surface area contributed by atoms with E-state index in [1.807, 2.05) is 5.38 Å². The number of aromatic nitrogens is 3. The zero-order chi connectivity index (χ0) is 16.7. The van der Waals surface area contributed by atoms with Crippen molar-refractivity contribution in [2.75, 3.05) is 18.5 Å². The van der Waals surface area contributed by atoms with E-state index in [2.05, 4.69) is 20.0 Å². The van der Waals surface area contributed by atoms with Gasteiger partial charge in [-0.3, -0.25) is 14.6 Å². The van der Waals surface area contributed by atoms with Gasteiger partial charge in [0.2, 0.25) is 11.8 Å². The fraction of sp³-hybridized carbons (Fsp3) is 0.625. The van der Waals surface area contributed by atoms with Crippen molar-refractivity contribution in [1.29, 1.82) is 0 Å². The monoisotopic (exact) mass is 347 g/mol. The van der Waals surface area contributed by atoms with E-state index in [4.69, 9.17) is 4.52 Å². The van der Waals surface area contributed by atoms with Crippen LogP contribution in [0.3, 0.4) is 0 Å². The minimum Gasteiger partial charge on any atom is -0.339 e. The molecule has 4 rings (SSSR count). The molecule has 1 atom stereocenters. The Bertz CT molecular complexity index is 738. The summed E-state index contributed by atoms with van der Waals surface area (Å²) in [6.45, 7) is 3.30. The van der Waals surface area contributed by atoms with Gasteiger partial charge in [0.05, 0.1) is 11.7 Å². The number of hydrogen-bond acceptors (Lipinski definition) is 7. The quantitative estimate of drug-likeness (QED) is 0.828. The molecule has 2 aromatic rings. The number of nitrogens with zero attached hydrogens (tertiary/aromatic N) is 5. The molecule has 3 heterocycles. The van der Waals surface area contributed by atoms with Crippen molar-refractivity contribution < 1.29 is 9.32 Å². The average molecular weight is 347 g/mol. The van der Waals surface area contributed by atoms with E-state index < -0.39 is 0 Å². The molecule has 1 amide bonds. The van der Waals surface area contributed by atoms with Gasteiger partial charge in [-0.25, -0.2) is 4.98 Å². The predicted octanol–water partition coefficient (Wildman–Crippen LogP) is 2.72. The molecule has 0 N–H and O–H groups in total. The summed E-state index contributed by atoms with van der Waals surface area (Å²) in [6.07, 6.45) is 4.51. The summed E-state index contributed by atoms with van der Waals surface area (Å²) in [5, 5.41) is 6.97. The minimum atomic E-state index is -0.00523. The molecule has 24 heavy (non-hydrogen) atoms. The van der Waals surface area contributed by atoms with Gasteiger partial charge in [0.1, 0.15) is 0 Å². The first kappa shape index (κ1) is 15.7. The van der Waals surface area contributed by atoms with Gasteiger partial charge in [0.15, 0.2) is 11.0 Å². The van der Waals surface area contributed by atoms with E-state index in [1.165, 1.54) is 24.2 Å². The third-order valence-electron chi connectivity index (χ3n) is 4.71. The van der Waals surface area contributed by atoms with Crippen LogP contribution < -0.4 is 4.90 Å². The average Bonchev–Trinajstić information content (AvgIpc) is 2.99. The molecule has 7 nitrogen and oxygen atoms in total. The lowest BCUT2D eigenvalue weighted by atomic mass is 10.2. The summed E-state index contributed by atoms with van der Waals surface area (Å²) in [5.41, 5.74) is 0.987. The lowest BCUT2D eigenvalue weighted by Gasteiger charge is -2.20. The van der Waals surface area contributed by atoms with Crippen molar-refractivity contribution in [3.8, 4) is 0 Å². The highest BCUT2D eigenvalue weighted by Gasteiger charge is 2.34. The van der Waals surface area contributed by atoms with E-state index in [1.54, 1.807) is 18.9 Å². The van der Waals surface area contributed by atoms with Crippen LogP contribution in [0.5, 0.6) is 0 Å². The van der Waals surface area contributed by atoms with Crippen LogP contribution in [0.2, 0.25) is 0 Å². The second-order valence-electron chi connectivity index (χ2n) is 6.59. The van der Waals surface area contributed by atoms with Gasteiger partial charge in [-0.1, -0.05) is 5.16 Å².